The van der Waals surface area contributed by atoms with Gasteiger partial charge in [0, 0.05) is 31.4 Å². The number of unbranched alkanes of at least 4 members (excludes halogenated alkanes) is 1. The fourth-order valence-electron chi connectivity index (χ4n) is 6.53. The van der Waals surface area contributed by atoms with E-state index < -0.39 is 70.8 Å². The predicted octanol–water partition coefficient (Wildman–Crippen LogP) is 2.64. The van der Waals surface area contributed by atoms with Crippen LogP contribution in [0.3, 0.4) is 0 Å². The number of nitrogens with zero attached hydrogens (tertiary/aromatic N) is 3. The van der Waals surface area contributed by atoms with Crippen LogP contribution < -0.4 is 21.3 Å². The van der Waals surface area contributed by atoms with Crippen LogP contribution in [-0.2, 0) is 24.0 Å². The van der Waals surface area contributed by atoms with Gasteiger partial charge in [0.25, 0.3) is 11.8 Å². The highest BCUT2D eigenvalue weighted by Gasteiger charge is 2.47. The molecule has 5 atom stereocenters. The Morgan fingerprint density at radius 1 is 1.00 bits per heavy atom. The molecule has 0 radical (unpaired) electrons. The van der Waals surface area contributed by atoms with E-state index in [1.54, 1.807) is 6.08 Å². The van der Waals surface area contributed by atoms with Gasteiger partial charge in [-0.15, -0.1) is 13.2 Å². The molecule has 2 fully saturated rings. The van der Waals surface area contributed by atoms with E-state index in [0.29, 0.717) is 12.8 Å². The highest BCUT2D eigenvalue weighted by molar-refractivity contribution is 6.38. The van der Waals surface area contributed by atoms with Gasteiger partial charge in [-0.3, -0.25) is 33.8 Å². The van der Waals surface area contributed by atoms with Gasteiger partial charge < -0.3 is 26.2 Å². The van der Waals surface area contributed by atoms with Crippen LogP contribution in [0.15, 0.2) is 43.9 Å². The first-order valence-corrected chi connectivity index (χ1v) is 17.4. The number of likely N-dealkylation sites (tertiary alicyclic amines) is 1. The van der Waals surface area contributed by atoms with Crippen molar-refractivity contribution < 1.29 is 28.8 Å². The number of rotatable bonds is 16. The van der Waals surface area contributed by atoms with Crippen LogP contribution in [0.4, 0.5) is 0 Å². The molecule has 1 aromatic heterocycles. The van der Waals surface area contributed by atoms with Crippen molar-refractivity contribution in [1.29, 1.82) is 0 Å². The second-order valence-corrected chi connectivity index (χ2v) is 14.0. The second-order valence-electron chi connectivity index (χ2n) is 14.0. The number of amides is 5. The monoisotopic (exact) mass is 679 g/mol. The Kier molecular flexibility index (Phi) is 14.6. The maximum Gasteiger partial charge on any atom is 0.289 e. The Morgan fingerprint density at radius 2 is 1.71 bits per heavy atom. The lowest BCUT2D eigenvalue weighted by atomic mass is 9.82. The van der Waals surface area contributed by atoms with E-state index in [1.165, 1.54) is 29.6 Å². The summed E-state index contributed by atoms with van der Waals surface area (Å²) in [6, 6.07) is -4.05. The highest BCUT2D eigenvalue weighted by Crippen LogP contribution is 2.31. The van der Waals surface area contributed by atoms with Crippen molar-refractivity contribution in [2.45, 2.75) is 110 Å². The van der Waals surface area contributed by atoms with Gasteiger partial charge in [0.2, 0.25) is 23.5 Å². The average molecular weight is 680 g/mol. The zero-order valence-electron chi connectivity index (χ0n) is 29.3. The van der Waals surface area contributed by atoms with E-state index in [1.807, 2.05) is 27.7 Å². The molecule has 2 heterocycles. The third kappa shape index (κ3) is 10.5. The second kappa shape index (κ2) is 18.4. The quantitative estimate of drug-likeness (QED) is 0.152. The Bertz CT molecular complexity index is 1360. The molecule has 4 N–H and O–H groups in total. The largest absolute Gasteiger partial charge is 0.346 e. The minimum atomic E-state index is -1.08. The molecule has 1 saturated carbocycles. The molecule has 2 aliphatic rings. The van der Waals surface area contributed by atoms with Crippen molar-refractivity contribution >= 4 is 35.3 Å². The van der Waals surface area contributed by atoms with Crippen LogP contribution in [0.1, 0.15) is 96.0 Å². The predicted molar refractivity (Wildman–Crippen MR) is 185 cm³/mol. The molecule has 13 nitrogen and oxygen atoms in total. The highest BCUT2D eigenvalue weighted by atomic mass is 16.2. The van der Waals surface area contributed by atoms with Crippen LogP contribution in [0.5, 0.6) is 0 Å². The molecule has 1 aromatic rings. The number of carbonyl (C=O) groups is 6. The summed E-state index contributed by atoms with van der Waals surface area (Å²) in [5.41, 5.74) is -0.704. The molecule has 49 heavy (non-hydrogen) atoms. The molecular weight excluding hydrogens is 626 g/mol. The molecule has 0 spiro atoms. The van der Waals surface area contributed by atoms with E-state index in [0.717, 1.165) is 38.5 Å². The summed E-state index contributed by atoms with van der Waals surface area (Å²) >= 11 is 0. The van der Waals surface area contributed by atoms with Gasteiger partial charge in [-0.05, 0) is 37.0 Å². The molecule has 0 bridgehead atoms. The number of Topliss-reactive ketones (excluding diaryl/α,β-unsaturated/α-hetero) is 1. The van der Waals surface area contributed by atoms with Crippen LogP contribution in [0, 0.1) is 17.3 Å². The summed E-state index contributed by atoms with van der Waals surface area (Å²) in [5.74, 6) is -4.21. The molecule has 268 valence electrons. The SMILES string of the molecule is C=CCNC(=O)C(=O)C(CCCC)NC(=O)[C@@H]1[C@@H](C=C)CCN1C(=O)[C@@H](NC(=O)[C@@H](NC(=O)c1cnccn1)C1CCCCC1)C(C)(C)C. The van der Waals surface area contributed by atoms with Gasteiger partial charge in [-0.25, -0.2) is 4.98 Å². The fourth-order valence-corrected chi connectivity index (χ4v) is 6.53. The lowest BCUT2D eigenvalue weighted by Gasteiger charge is -2.38. The number of nitrogens with one attached hydrogen (secondary N) is 4. The molecular formula is C36H53N7O6. The summed E-state index contributed by atoms with van der Waals surface area (Å²) in [4.78, 5) is 90.5. The number of aromatic nitrogens is 2. The molecule has 13 heteroatoms. The Balaban J connectivity index is 1.87. The van der Waals surface area contributed by atoms with Crippen molar-refractivity contribution in [2.75, 3.05) is 13.1 Å². The normalized spacial score (nSPS) is 19.9. The van der Waals surface area contributed by atoms with Crippen LogP contribution in [0.2, 0.25) is 0 Å². The summed E-state index contributed by atoms with van der Waals surface area (Å²) < 4.78 is 0. The molecule has 1 unspecified atom stereocenters. The Morgan fingerprint density at radius 3 is 2.31 bits per heavy atom. The first-order valence-electron chi connectivity index (χ1n) is 17.4. The van der Waals surface area contributed by atoms with E-state index in [-0.39, 0.29) is 31.1 Å². The van der Waals surface area contributed by atoms with E-state index in [2.05, 4.69) is 44.4 Å². The summed E-state index contributed by atoms with van der Waals surface area (Å²) in [6.45, 7) is 15.2. The molecule has 5 amide bonds. The molecule has 3 rings (SSSR count). The van der Waals surface area contributed by atoms with Crippen molar-refractivity contribution in [3.05, 3.63) is 49.6 Å². The minimum Gasteiger partial charge on any atom is -0.346 e. The number of ketones is 1. The number of hydrogen-bond acceptors (Lipinski definition) is 8. The number of hydrogen-bond donors (Lipinski definition) is 4. The summed E-state index contributed by atoms with van der Waals surface area (Å²) in [5, 5.41) is 11.0. The average Bonchev–Trinajstić information content (AvgIpc) is 3.54. The third-order valence-corrected chi connectivity index (χ3v) is 9.29. The third-order valence-electron chi connectivity index (χ3n) is 9.29. The van der Waals surface area contributed by atoms with Crippen molar-refractivity contribution in [2.24, 2.45) is 17.3 Å². The first kappa shape index (κ1) is 39.0. The molecule has 1 saturated heterocycles. The van der Waals surface area contributed by atoms with Crippen molar-refractivity contribution in [1.82, 2.24) is 36.1 Å². The van der Waals surface area contributed by atoms with E-state index >= 15 is 0 Å². The Labute approximate surface area is 289 Å². The van der Waals surface area contributed by atoms with Crippen molar-refractivity contribution in [3.63, 3.8) is 0 Å². The Hall–Kier alpha value is -4.42. The van der Waals surface area contributed by atoms with Gasteiger partial charge in [-0.1, -0.05) is 72.0 Å². The molecule has 0 aromatic carbocycles. The molecule has 1 aliphatic carbocycles. The zero-order chi connectivity index (χ0) is 36.1. The minimum absolute atomic E-state index is 0.0786. The van der Waals surface area contributed by atoms with Crippen LogP contribution in [-0.4, -0.2) is 87.4 Å². The van der Waals surface area contributed by atoms with Gasteiger partial charge >= 0.3 is 0 Å². The zero-order valence-corrected chi connectivity index (χ0v) is 29.3. The lowest BCUT2D eigenvalue weighted by molar-refractivity contribution is -0.146. The van der Waals surface area contributed by atoms with Gasteiger partial charge in [0.1, 0.15) is 23.8 Å². The lowest BCUT2D eigenvalue weighted by Crippen LogP contribution is -2.62. The fraction of sp³-hybridized carbons (Fsp3) is 0.611. The maximum atomic E-state index is 14.4. The summed E-state index contributed by atoms with van der Waals surface area (Å²) in [6.07, 6.45) is 13.7. The summed E-state index contributed by atoms with van der Waals surface area (Å²) in [7, 11) is 0. The van der Waals surface area contributed by atoms with Crippen LogP contribution >= 0.6 is 0 Å². The van der Waals surface area contributed by atoms with Crippen LogP contribution in [0.25, 0.3) is 0 Å². The van der Waals surface area contributed by atoms with Crippen molar-refractivity contribution in [3.8, 4) is 0 Å². The standard InChI is InChI=1S/C36H53N7O6/c1-7-10-16-25(29(44)34(48)39-18-8-2)40-33(47)28-23(9-3)17-21-43(28)35(49)30(36(4,5)6)42-32(46)27(24-14-12-11-13-15-24)41-31(45)26-22-37-19-20-38-26/h8-9,19-20,22-25,27-28,30H,2-3,7,10-18,21H2,1,4-6H3,(H,39,48)(H,40,47)(H,41,45)(H,42,46)/t23-,25?,27-,28-,30+/m0/s1. The van der Waals surface area contributed by atoms with Gasteiger partial charge in [0.15, 0.2) is 0 Å². The van der Waals surface area contributed by atoms with E-state index in [9.17, 15) is 28.8 Å². The number of carbonyl (C=O) groups excluding carboxylic acids is 6. The van der Waals surface area contributed by atoms with Gasteiger partial charge in [-0.2, -0.15) is 0 Å². The first-order chi connectivity index (χ1) is 23.3. The molecule has 1 aliphatic heterocycles. The van der Waals surface area contributed by atoms with Gasteiger partial charge in [0.05, 0.1) is 12.2 Å². The maximum absolute atomic E-state index is 14.4. The smallest absolute Gasteiger partial charge is 0.289 e. The topological polar surface area (TPSA) is 180 Å². The van der Waals surface area contributed by atoms with E-state index in [4.69, 9.17) is 0 Å².